The number of aliphatic carboxylic acids is 1. The van der Waals surface area contributed by atoms with Crippen molar-refractivity contribution in [3.05, 3.63) is 0 Å². The minimum atomic E-state index is -2.51. The van der Waals surface area contributed by atoms with Crippen LogP contribution in [0.15, 0.2) is 4.36 Å². The number of rotatable bonds is 3. The van der Waals surface area contributed by atoms with Crippen LogP contribution in [0.3, 0.4) is 0 Å². The number of hydrogen-bond acceptors (Lipinski definition) is 4. The van der Waals surface area contributed by atoms with E-state index in [4.69, 9.17) is 5.11 Å². The van der Waals surface area contributed by atoms with E-state index in [1.807, 2.05) is 0 Å². The first-order chi connectivity index (χ1) is 8.36. The summed E-state index contributed by atoms with van der Waals surface area (Å²) in [6, 6.07) is 0. The molecule has 0 spiro atoms. The molecule has 1 saturated heterocycles. The Kier molecular flexibility index (Phi) is 5.28. The molecule has 0 radical (unpaired) electrons. The van der Waals surface area contributed by atoms with E-state index >= 15 is 0 Å². The van der Waals surface area contributed by atoms with E-state index in [2.05, 4.69) is 9.68 Å². The minimum absolute atomic E-state index is 0.354. The third kappa shape index (κ3) is 4.06. The number of amides is 1. The van der Waals surface area contributed by atoms with Gasteiger partial charge in [-0.1, -0.05) is 13.8 Å². The highest BCUT2D eigenvalue weighted by molar-refractivity contribution is 7.93. The summed E-state index contributed by atoms with van der Waals surface area (Å²) in [5, 5.41) is 11.9. The Morgan fingerprint density at radius 1 is 1.22 bits per heavy atom. The maximum Gasteiger partial charge on any atom is 0.307 e. The highest BCUT2D eigenvalue weighted by atomic mass is 32.2. The van der Waals surface area contributed by atoms with Crippen molar-refractivity contribution in [2.75, 3.05) is 24.6 Å². The summed E-state index contributed by atoms with van der Waals surface area (Å²) in [6.07, 6.45) is 0.721. The van der Waals surface area contributed by atoms with Crippen molar-refractivity contribution in [1.82, 2.24) is 5.32 Å². The molecule has 0 aromatic carbocycles. The van der Waals surface area contributed by atoms with E-state index < -0.39 is 33.4 Å². The van der Waals surface area contributed by atoms with E-state index in [1.165, 1.54) is 13.8 Å². The average molecular weight is 276 g/mol. The van der Waals surface area contributed by atoms with Gasteiger partial charge in [0.25, 0.3) is 5.91 Å². The van der Waals surface area contributed by atoms with Crippen LogP contribution in [0.4, 0.5) is 0 Å². The molecule has 0 saturated carbocycles. The first kappa shape index (κ1) is 15.1. The van der Waals surface area contributed by atoms with Crippen molar-refractivity contribution in [1.29, 1.82) is 0 Å². The van der Waals surface area contributed by atoms with E-state index in [0.717, 1.165) is 13.0 Å². The lowest BCUT2D eigenvalue weighted by Crippen LogP contribution is -2.26. The van der Waals surface area contributed by atoms with Crippen LogP contribution in [0.2, 0.25) is 0 Å². The van der Waals surface area contributed by atoms with Gasteiger partial charge in [-0.2, -0.15) is 4.36 Å². The number of hydrogen-bond donors (Lipinski definition) is 2. The van der Waals surface area contributed by atoms with Gasteiger partial charge in [0.1, 0.15) is 0 Å². The summed E-state index contributed by atoms with van der Waals surface area (Å²) in [5.41, 5.74) is 0. The maximum absolute atomic E-state index is 12.4. The zero-order valence-corrected chi connectivity index (χ0v) is 11.5. The van der Waals surface area contributed by atoms with Crippen molar-refractivity contribution in [2.45, 2.75) is 20.3 Å². The summed E-state index contributed by atoms with van der Waals surface area (Å²) < 4.78 is 16.2. The standard InChI is InChI=1S/C11H20N2O4S/c1-8(9(2)11(15)16)10(14)13-18(17)6-3-4-12-5-7-18/h8-9,12H,3-7H2,1-2H3,(H,15,16). The highest BCUT2D eigenvalue weighted by Gasteiger charge is 2.27. The lowest BCUT2D eigenvalue weighted by molar-refractivity contribution is -0.145. The van der Waals surface area contributed by atoms with Crippen LogP contribution in [0.1, 0.15) is 20.3 Å². The summed E-state index contributed by atoms with van der Waals surface area (Å²) in [4.78, 5) is 22.6. The van der Waals surface area contributed by atoms with Gasteiger partial charge in [0.15, 0.2) is 0 Å². The number of nitrogens with one attached hydrogen (secondary N) is 1. The molecule has 1 rings (SSSR count). The molecule has 6 nitrogen and oxygen atoms in total. The second-order valence-corrected chi connectivity index (χ2v) is 7.17. The lowest BCUT2D eigenvalue weighted by Gasteiger charge is -2.13. The van der Waals surface area contributed by atoms with Gasteiger partial charge < -0.3 is 10.4 Å². The molecule has 0 bridgehead atoms. The van der Waals surface area contributed by atoms with Gasteiger partial charge in [-0.05, 0) is 13.0 Å². The molecule has 1 amide bonds. The second kappa shape index (κ2) is 6.29. The predicted molar refractivity (Wildman–Crippen MR) is 68.8 cm³/mol. The zero-order chi connectivity index (χ0) is 13.8. The predicted octanol–water partition coefficient (Wildman–Crippen LogP) is 0.331. The molecule has 1 aliphatic heterocycles. The van der Waals surface area contributed by atoms with Gasteiger partial charge in [0, 0.05) is 18.1 Å². The highest BCUT2D eigenvalue weighted by Crippen LogP contribution is 2.15. The van der Waals surface area contributed by atoms with Crippen molar-refractivity contribution < 1.29 is 18.9 Å². The number of carboxylic acid groups (broad SMARTS) is 1. The number of carbonyl (C=O) groups is 2. The largest absolute Gasteiger partial charge is 0.481 e. The van der Waals surface area contributed by atoms with Crippen molar-refractivity contribution >= 4 is 21.6 Å². The second-order valence-electron chi connectivity index (χ2n) is 4.63. The summed E-state index contributed by atoms with van der Waals surface area (Å²) in [5.74, 6) is -2.39. The Bertz CT molecular complexity index is 426. The van der Waals surface area contributed by atoms with Crippen LogP contribution in [-0.2, 0) is 19.3 Å². The van der Waals surface area contributed by atoms with Gasteiger partial charge in [-0.25, -0.2) is 4.21 Å². The molecule has 1 heterocycles. The number of nitrogens with zero attached hydrogens (tertiary/aromatic N) is 1. The molecular weight excluding hydrogens is 256 g/mol. The van der Waals surface area contributed by atoms with Gasteiger partial charge in [-0.15, -0.1) is 0 Å². The quantitative estimate of drug-likeness (QED) is 0.774. The Morgan fingerprint density at radius 2 is 1.89 bits per heavy atom. The lowest BCUT2D eigenvalue weighted by atomic mass is 9.96. The molecule has 18 heavy (non-hydrogen) atoms. The van der Waals surface area contributed by atoms with Crippen LogP contribution in [0.25, 0.3) is 0 Å². The molecule has 104 valence electrons. The smallest absolute Gasteiger partial charge is 0.307 e. The fraction of sp³-hybridized carbons (Fsp3) is 0.818. The van der Waals surface area contributed by atoms with E-state index in [1.54, 1.807) is 0 Å². The molecule has 3 atom stereocenters. The zero-order valence-electron chi connectivity index (χ0n) is 10.7. The van der Waals surface area contributed by atoms with E-state index in [9.17, 15) is 13.8 Å². The summed E-state index contributed by atoms with van der Waals surface area (Å²) in [6.45, 7) is 4.34. The molecule has 0 aromatic rings. The minimum Gasteiger partial charge on any atom is -0.481 e. The summed E-state index contributed by atoms with van der Waals surface area (Å²) >= 11 is 0. The average Bonchev–Trinajstić information content (AvgIpc) is 2.51. The molecule has 1 aliphatic rings. The Hall–Kier alpha value is -0.950. The number of carbonyl (C=O) groups excluding carboxylic acids is 1. The van der Waals surface area contributed by atoms with Crippen molar-refractivity contribution in [2.24, 2.45) is 16.2 Å². The molecule has 0 aromatic heterocycles. The van der Waals surface area contributed by atoms with Gasteiger partial charge in [0.2, 0.25) is 0 Å². The van der Waals surface area contributed by atoms with Crippen LogP contribution < -0.4 is 5.32 Å². The van der Waals surface area contributed by atoms with Crippen LogP contribution in [0, 0.1) is 11.8 Å². The van der Waals surface area contributed by atoms with Crippen molar-refractivity contribution in [3.8, 4) is 0 Å². The van der Waals surface area contributed by atoms with Gasteiger partial charge in [-0.3, -0.25) is 9.59 Å². The third-order valence-electron chi connectivity index (χ3n) is 3.20. The normalized spacial score (nSPS) is 27.9. The van der Waals surface area contributed by atoms with Crippen LogP contribution >= 0.6 is 0 Å². The van der Waals surface area contributed by atoms with Crippen molar-refractivity contribution in [3.63, 3.8) is 0 Å². The molecule has 7 heteroatoms. The summed E-state index contributed by atoms with van der Waals surface area (Å²) in [7, 11) is -2.51. The fourth-order valence-electron chi connectivity index (χ4n) is 1.65. The SMILES string of the molecule is CC(C(=O)O)C(C)C(=O)N=S1(=O)CCCNCC1. The Morgan fingerprint density at radius 3 is 2.50 bits per heavy atom. The molecular formula is C11H20N2O4S. The number of carboxylic acids is 1. The fourth-order valence-corrected chi connectivity index (χ4v) is 3.59. The Labute approximate surface area is 107 Å². The molecule has 0 aliphatic carbocycles. The van der Waals surface area contributed by atoms with Gasteiger partial charge >= 0.3 is 5.97 Å². The molecule has 3 unspecified atom stereocenters. The van der Waals surface area contributed by atoms with Crippen LogP contribution in [0.5, 0.6) is 0 Å². The topological polar surface area (TPSA) is 95.8 Å². The first-order valence-electron chi connectivity index (χ1n) is 6.05. The molecule has 1 fully saturated rings. The van der Waals surface area contributed by atoms with E-state index in [-0.39, 0.29) is 0 Å². The monoisotopic (exact) mass is 276 g/mol. The van der Waals surface area contributed by atoms with Crippen LogP contribution in [-0.4, -0.2) is 45.8 Å². The first-order valence-corrected chi connectivity index (χ1v) is 7.91. The maximum atomic E-state index is 12.4. The Balaban J connectivity index is 2.83. The van der Waals surface area contributed by atoms with E-state index in [0.29, 0.717) is 18.1 Å². The third-order valence-corrected chi connectivity index (χ3v) is 5.48. The molecule has 2 N–H and O–H groups in total. The van der Waals surface area contributed by atoms with Gasteiger partial charge in [0.05, 0.1) is 21.6 Å².